The third kappa shape index (κ3) is 6.05. The summed E-state index contributed by atoms with van der Waals surface area (Å²) in [6.07, 6.45) is 2.46. The lowest BCUT2D eigenvalue weighted by Gasteiger charge is -2.10. The first-order valence-electron chi connectivity index (χ1n) is 5.64. The van der Waals surface area contributed by atoms with Crippen LogP contribution in [0.25, 0.3) is 0 Å². The van der Waals surface area contributed by atoms with Crippen molar-refractivity contribution in [2.45, 2.75) is 32.8 Å². The topological polar surface area (TPSA) is 38.3 Å². The lowest BCUT2D eigenvalue weighted by Crippen LogP contribution is -2.33. The fourth-order valence-electron chi connectivity index (χ4n) is 1.47. The fraction of sp³-hybridized carbons (Fsp3) is 0.909. The molecule has 1 rings (SSSR count). The number of carbonyl (C=O) groups excluding carboxylic acids is 1. The van der Waals surface area contributed by atoms with Gasteiger partial charge < -0.3 is 10.1 Å². The molecule has 4 heteroatoms. The Morgan fingerprint density at radius 1 is 1.60 bits per heavy atom. The number of carbonyl (C=O) groups is 1. The maximum absolute atomic E-state index is 11.4. The molecule has 1 fully saturated rings. The Morgan fingerprint density at radius 3 is 3.00 bits per heavy atom. The van der Waals surface area contributed by atoms with E-state index in [1.165, 1.54) is 0 Å². The van der Waals surface area contributed by atoms with Crippen LogP contribution in [0.5, 0.6) is 0 Å². The van der Waals surface area contributed by atoms with Crippen molar-refractivity contribution in [2.75, 3.05) is 24.7 Å². The first kappa shape index (κ1) is 12.8. The van der Waals surface area contributed by atoms with Gasteiger partial charge in [0, 0.05) is 13.2 Å². The number of hydrogen-bond donors (Lipinski definition) is 1. The van der Waals surface area contributed by atoms with E-state index in [0.29, 0.717) is 18.2 Å². The average Bonchev–Trinajstić information content (AvgIpc) is 2.66. The van der Waals surface area contributed by atoms with Gasteiger partial charge in [-0.2, -0.15) is 11.8 Å². The molecule has 0 aliphatic carbocycles. The number of ether oxygens (including phenoxy) is 1. The van der Waals surface area contributed by atoms with Crippen LogP contribution in [0.4, 0.5) is 0 Å². The molecule has 1 N–H and O–H groups in total. The molecule has 0 saturated carbocycles. The minimum absolute atomic E-state index is 0.135. The van der Waals surface area contributed by atoms with E-state index in [-0.39, 0.29) is 12.0 Å². The Bertz CT molecular complexity index is 191. The smallest absolute Gasteiger partial charge is 0.230 e. The largest absolute Gasteiger partial charge is 0.376 e. The molecule has 1 aliphatic rings. The first-order chi connectivity index (χ1) is 7.18. The van der Waals surface area contributed by atoms with Crippen LogP contribution in [0.1, 0.15) is 26.7 Å². The zero-order valence-electron chi connectivity index (χ0n) is 9.62. The molecule has 0 aromatic rings. The van der Waals surface area contributed by atoms with Gasteiger partial charge in [-0.25, -0.2) is 0 Å². The Morgan fingerprint density at radius 2 is 2.40 bits per heavy atom. The summed E-state index contributed by atoms with van der Waals surface area (Å²) in [6, 6.07) is 0. The van der Waals surface area contributed by atoms with Gasteiger partial charge in [-0.05, 0) is 24.5 Å². The average molecular weight is 231 g/mol. The molecular formula is C11H21NO2S. The minimum atomic E-state index is 0.135. The van der Waals surface area contributed by atoms with Gasteiger partial charge in [0.05, 0.1) is 11.9 Å². The van der Waals surface area contributed by atoms with Crippen LogP contribution in [-0.4, -0.2) is 36.7 Å². The van der Waals surface area contributed by atoms with Gasteiger partial charge in [0.15, 0.2) is 0 Å². The fourth-order valence-corrected chi connectivity index (χ4v) is 2.35. The van der Waals surface area contributed by atoms with Crippen molar-refractivity contribution in [2.24, 2.45) is 5.92 Å². The van der Waals surface area contributed by atoms with Gasteiger partial charge in [-0.3, -0.25) is 4.79 Å². The van der Waals surface area contributed by atoms with E-state index in [2.05, 4.69) is 19.2 Å². The number of thioether (sulfide) groups is 1. The molecule has 88 valence electrons. The Kier molecular flexibility index (Phi) is 6.10. The Balaban J connectivity index is 1.98. The highest BCUT2D eigenvalue weighted by Gasteiger charge is 2.15. The highest BCUT2D eigenvalue weighted by molar-refractivity contribution is 7.99. The van der Waals surface area contributed by atoms with Crippen molar-refractivity contribution >= 4 is 17.7 Å². The molecule has 0 aromatic heterocycles. The van der Waals surface area contributed by atoms with E-state index in [0.717, 1.165) is 25.2 Å². The molecule has 3 nitrogen and oxygen atoms in total. The lowest BCUT2D eigenvalue weighted by atomic mass is 10.2. The maximum atomic E-state index is 11.4. The summed E-state index contributed by atoms with van der Waals surface area (Å²) in [6.45, 7) is 5.86. The van der Waals surface area contributed by atoms with E-state index in [1.807, 2.05) is 0 Å². The predicted octanol–water partition coefficient (Wildman–Crippen LogP) is 1.67. The predicted molar refractivity (Wildman–Crippen MR) is 64.1 cm³/mol. The number of nitrogens with one attached hydrogen (secondary N) is 1. The first-order valence-corrected chi connectivity index (χ1v) is 6.80. The second kappa shape index (κ2) is 7.12. The summed E-state index contributed by atoms with van der Waals surface area (Å²) < 4.78 is 5.42. The van der Waals surface area contributed by atoms with E-state index in [9.17, 15) is 4.79 Å². The van der Waals surface area contributed by atoms with Crippen molar-refractivity contribution in [3.05, 3.63) is 0 Å². The number of amides is 1. The molecule has 0 radical (unpaired) electrons. The third-order valence-electron chi connectivity index (χ3n) is 2.24. The van der Waals surface area contributed by atoms with Gasteiger partial charge in [0.2, 0.25) is 5.91 Å². The van der Waals surface area contributed by atoms with Crippen LogP contribution >= 0.6 is 11.8 Å². The third-order valence-corrected chi connectivity index (χ3v) is 3.60. The summed E-state index contributed by atoms with van der Waals surface area (Å²) in [5.41, 5.74) is 0. The molecule has 1 saturated heterocycles. The van der Waals surface area contributed by atoms with E-state index >= 15 is 0 Å². The van der Waals surface area contributed by atoms with Gasteiger partial charge in [-0.15, -0.1) is 0 Å². The van der Waals surface area contributed by atoms with E-state index in [4.69, 9.17) is 4.74 Å². The molecule has 1 unspecified atom stereocenters. The molecule has 15 heavy (non-hydrogen) atoms. The van der Waals surface area contributed by atoms with E-state index < -0.39 is 0 Å². The van der Waals surface area contributed by atoms with Crippen LogP contribution in [0, 0.1) is 5.92 Å². The molecule has 0 aromatic carbocycles. The van der Waals surface area contributed by atoms with Crippen molar-refractivity contribution < 1.29 is 9.53 Å². The monoisotopic (exact) mass is 231 g/mol. The van der Waals surface area contributed by atoms with Gasteiger partial charge >= 0.3 is 0 Å². The standard InChI is InChI=1S/C11H21NO2S/c1-9(2)7-15-8-11(13)12-6-10-4-3-5-14-10/h9-10H,3-8H2,1-2H3,(H,12,13). The van der Waals surface area contributed by atoms with Gasteiger partial charge in [0.25, 0.3) is 0 Å². The van der Waals surface area contributed by atoms with Crippen LogP contribution in [0.15, 0.2) is 0 Å². The van der Waals surface area contributed by atoms with Crippen LogP contribution in [0.2, 0.25) is 0 Å². The van der Waals surface area contributed by atoms with Crippen LogP contribution < -0.4 is 5.32 Å². The normalized spacial score (nSPS) is 20.9. The second-order valence-electron chi connectivity index (χ2n) is 4.35. The summed E-state index contributed by atoms with van der Waals surface area (Å²) in [5, 5.41) is 2.91. The highest BCUT2D eigenvalue weighted by Crippen LogP contribution is 2.11. The molecule has 1 atom stereocenters. The summed E-state index contributed by atoms with van der Waals surface area (Å²) in [5.74, 6) is 2.41. The molecular weight excluding hydrogens is 210 g/mol. The zero-order chi connectivity index (χ0) is 11.1. The number of rotatable bonds is 6. The van der Waals surface area contributed by atoms with Crippen molar-refractivity contribution in [1.29, 1.82) is 0 Å². The van der Waals surface area contributed by atoms with Crippen molar-refractivity contribution in [3.63, 3.8) is 0 Å². The van der Waals surface area contributed by atoms with Crippen molar-refractivity contribution in [1.82, 2.24) is 5.32 Å². The highest BCUT2D eigenvalue weighted by atomic mass is 32.2. The summed E-state index contributed by atoms with van der Waals surface area (Å²) >= 11 is 1.70. The van der Waals surface area contributed by atoms with Crippen LogP contribution in [0.3, 0.4) is 0 Å². The quantitative estimate of drug-likeness (QED) is 0.755. The van der Waals surface area contributed by atoms with E-state index in [1.54, 1.807) is 11.8 Å². The molecule has 1 amide bonds. The Hall–Kier alpha value is -0.220. The lowest BCUT2D eigenvalue weighted by molar-refractivity contribution is -0.119. The van der Waals surface area contributed by atoms with Gasteiger partial charge in [-0.1, -0.05) is 13.8 Å². The Labute approximate surface area is 96.3 Å². The number of hydrogen-bond acceptors (Lipinski definition) is 3. The molecule has 0 bridgehead atoms. The molecule has 0 spiro atoms. The molecule has 1 aliphatic heterocycles. The van der Waals surface area contributed by atoms with Crippen LogP contribution in [-0.2, 0) is 9.53 Å². The van der Waals surface area contributed by atoms with Gasteiger partial charge in [0.1, 0.15) is 0 Å². The minimum Gasteiger partial charge on any atom is -0.376 e. The maximum Gasteiger partial charge on any atom is 0.230 e. The second-order valence-corrected chi connectivity index (χ2v) is 5.38. The zero-order valence-corrected chi connectivity index (χ0v) is 10.4. The summed E-state index contributed by atoms with van der Waals surface area (Å²) in [4.78, 5) is 11.4. The SMILES string of the molecule is CC(C)CSCC(=O)NCC1CCCO1. The van der Waals surface area contributed by atoms with Crippen molar-refractivity contribution in [3.8, 4) is 0 Å². The molecule has 1 heterocycles. The summed E-state index contributed by atoms with van der Waals surface area (Å²) in [7, 11) is 0.